The molecule has 0 saturated carbocycles. The average molecular weight is 269 g/mol. The molecule has 2 heterocycles. The van der Waals surface area contributed by atoms with E-state index in [1.807, 2.05) is 6.07 Å². The first kappa shape index (κ1) is 12.9. The Morgan fingerprint density at radius 1 is 1.30 bits per heavy atom. The molecule has 3 rings (SSSR count). The summed E-state index contributed by atoms with van der Waals surface area (Å²) in [4.78, 5) is 8.84. The smallest absolute Gasteiger partial charge is 0.223 e. The molecule has 1 aliphatic heterocycles. The number of aryl methyl sites for hydroxylation is 1. The summed E-state index contributed by atoms with van der Waals surface area (Å²) in [5.41, 5.74) is 3.25. The minimum Gasteiger partial charge on any atom is -0.493 e. The molecule has 1 aromatic carbocycles. The molecule has 0 amide bonds. The van der Waals surface area contributed by atoms with Crippen molar-refractivity contribution in [3.63, 3.8) is 0 Å². The van der Waals surface area contributed by atoms with Crippen LogP contribution in [-0.2, 0) is 6.42 Å². The van der Waals surface area contributed by atoms with Crippen molar-refractivity contribution in [1.29, 1.82) is 0 Å². The summed E-state index contributed by atoms with van der Waals surface area (Å²) in [7, 11) is 0. The first-order valence-electron chi connectivity index (χ1n) is 7.20. The molecule has 0 unspecified atom stereocenters. The number of hydrogen-bond donors (Lipinski definition) is 1. The molecule has 4 heteroatoms. The Labute approximate surface area is 119 Å². The third kappa shape index (κ3) is 2.59. The molecule has 1 aromatic heterocycles. The maximum Gasteiger partial charge on any atom is 0.223 e. The van der Waals surface area contributed by atoms with E-state index < -0.39 is 0 Å². The van der Waals surface area contributed by atoms with Gasteiger partial charge in [-0.2, -0.15) is 0 Å². The third-order valence-corrected chi connectivity index (χ3v) is 3.40. The Bertz CT molecular complexity index is 598. The van der Waals surface area contributed by atoms with Crippen LogP contribution in [0.2, 0.25) is 0 Å². The highest BCUT2D eigenvalue weighted by Gasteiger charge is 2.16. The van der Waals surface area contributed by atoms with Crippen molar-refractivity contribution >= 4 is 5.95 Å². The Balaban J connectivity index is 1.96. The first-order valence-corrected chi connectivity index (χ1v) is 7.20. The Morgan fingerprint density at radius 2 is 2.25 bits per heavy atom. The van der Waals surface area contributed by atoms with E-state index >= 15 is 0 Å². The molecule has 2 aromatic rings. The number of fused-ring (bicyclic) bond motifs is 1. The highest BCUT2D eigenvalue weighted by molar-refractivity contribution is 5.70. The van der Waals surface area contributed by atoms with Gasteiger partial charge in [0.25, 0.3) is 0 Å². The zero-order chi connectivity index (χ0) is 13.8. The van der Waals surface area contributed by atoms with E-state index in [0.29, 0.717) is 5.95 Å². The second-order valence-electron chi connectivity index (χ2n) is 4.94. The molecule has 0 aliphatic carbocycles. The van der Waals surface area contributed by atoms with E-state index in [-0.39, 0.29) is 0 Å². The maximum atomic E-state index is 5.85. The Hall–Kier alpha value is -2.10. The predicted molar refractivity (Wildman–Crippen MR) is 80.1 cm³/mol. The van der Waals surface area contributed by atoms with Crippen molar-refractivity contribution in [1.82, 2.24) is 9.97 Å². The number of nitrogens with one attached hydrogen (secondary N) is 1. The van der Waals surface area contributed by atoms with Gasteiger partial charge in [0, 0.05) is 18.3 Å². The van der Waals surface area contributed by atoms with Gasteiger partial charge in [-0.25, -0.2) is 9.97 Å². The van der Waals surface area contributed by atoms with Crippen LogP contribution in [0.15, 0.2) is 30.5 Å². The van der Waals surface area contributed by atoms with Crippen molar-refractivity contribution in [2.24, 2.45) is 0 Å². The van der Waals surface area contributed by atoms with Crippen LogP contribution in [0.1, 0.15) is 25.3 Å². The molecule has 1 N–H and O–H groups in total. The number of aromatic nitrogens is 2. The van der Waals surface area contributed by atoms with E-state index in [2.05, 4.69) is 40.4 Å². The molecule has 0 bridgehead atoms. The number of rotatable bonds is 4. The molecule has 0 saturated heterocycles. The van der Waals surface area contributed by atoms with Gasteiger partial charge in [-0.3, -0.25) is 0 Å². The summed E-state index contributed by atoms with van der Waals surface area (Å²) >= 11 is 0. The van der Waals surface area contributed by atoms with Gasteiger partial charge in [-0.05, 0) is 37.0 Å². The summed E-state index contributed by atoms with van der Waals surface area (Å²) < 4.78 is 5.85. The van der Waals surface area contributed by atoms with Gasteiger partial charge in [0.15, 0.2) is 0 Å². The van der Waals surface area contributed by atoms with Crippen molar-refractivity contribution in [3.05, 3.63) is 36.0 Å². The summed E-state index contributed by atoms with van der Waals surface area (Å²) in [5.74, 6) is 1.66. The zero-order valence-electron chi connectivity index (χ0n) is 11.7. The lowest BCUT2D eigenvalue weighted by Gasteiger charge is -2.20. The second kappa shape index (κ2) is 5.90. The lowest BCUT2D eigenvalue weighted by atomic mass is 10.0. The van der Waals surface area contributed by atoms with Crippen LogP contribution in [0.5, 0.6) is 5.75 Å². The van der Waals surface area contributed by atoms with Gasteiger partial charge in [0.1, 0.15) is 5.75 Å². The molecule has 0 radical (unpaired) electrons. The predicted octanol–water partition coefficient (Wildman–Crippen LogP) is 3.29. The molecular formula is C16H19N3O. The number of hydrogen-bond acceptors (Lipinski definition) is 4. The number of ether oxygens (including phenoxy) is 1. The minimum absolute atomic E-state index is 0.678. The van der Waals surface area contributed by atoms with E-state index in [9.17, 15) is 0 Å². The van der Waals surface area contributed by atoms with Crippen molar-refractivity contribution in [2.75, 3.05) is 18.5 Å². The molecule has 0 fully saturated rings. The van der Waals surface area contributed by atoms with Crippen LogP contribution in [0, 0.1) is 0 Å². The highest BCUT2D eigenvalue weighted by Crippen LogP contribution is 2.35. The summed E-state index contributed by atoms with van der Waals surface area (Å²) in [6.45, 7) is 3.79. The van der Waals surface area contributed by atoms with E-state index in [1.54, 1.807) is 6.20 Å². The third-order valence-electron chi connectivity index (χ3n) is 3.40. The van der Waals surface area contributed by atoms with Gasteiger partial charge in [-0.15, -0.1) is 0 Å². The van der Waals surface area contributed by atoms with Crippen LogP contribution in [0.3, 0.4) is 0 Å². The molecule has 1 aliphatic rings. The summed E-state index contributed by atoms with van der Waals surface area (Å²) in [6, 6.07) is 8.21. The first-order chi connectivity index (χ1) is 9.88. The number of benzene rings is 1. The standard InChI is InChI=1S/C16H19N3O/c1-2-9-17-16-18-10-8-14(19-16)13-7-3-5-12-6-4-11-20-15(12)13/h3,5,7-8,10H,2,4,6,9,11H2,1H3,(H,17,18,19). The Kier molecular flexibility index (Phi) is 3.81. The van der Waals surface area contributed by atoms with Crippen LogP contribution in [0.25, 0.3) is 11.3 Å². The molecule has 0 atom stereocenters. The normalized spacial score (nSPS) is 13.4. The number of anilines is 1. The van der Waals surface area contributed by atoms with Crippen LogP contribution in [-0.4, -0.2) is 23.1 Å². The quantitative estimate of drug-likeness (QED) is 0.925. The van der Waals surface area contributed by atoms with Crippen molar-refractivity contribution in [3.8, 4) is 17.0 Å². The second-order valence-corrected chi connectivity index (χ2v) is 4.94. The van der Waals surface area contributed by atoms with Gasteiger partial charge >= 0.3 is 0 Å². The molecule has 4 nitrogen and oxygen atoms in total. The highest BCUT2D eigenvalue weighted by atomic mass is 16.5. The molecular weight excluding hydrogens is 250 g/mol. The minimum atomic E-state index is 0.678. The van der Waals surface area contributed by atoms with Crippen LogP contribution in [0.4, 0.5) is 5.95 Å². The monoisotopic (exact) mass is 269 g/mol. The fraction of sp³-hybridized carbons (Fsp3) is 0.375. The van der Waals surface area contributed by atoms with Gasteiger partial charge < -0.3 is 10.1 Å². The molecule has 0 spiro atoms. The SMILES string of the molecule is CCCNc1nccc(-c2cccc3c2OCCC3)n1. The van der Waals surface area contributed by atoms with Crippen molar-refractivity contribution in [2.45, 2.75) is 26.2 Å². The van der Waals surface area contributed by atoms with Gasteiger partial charge in [-0.1, -0.05) is 19.1 Å². The zero-order valence-corrected chi connectivity index (χ0v) is 11.7. The summed E-state index contributed by atoms with van der Waals surface area (Å²) in [6.07, 6.45) is 5.01. The lowest BCUT2D eigenvalue weighted by Crippen LogP contribution is -2.10. The van der Waals surface area contributed by atoms with Gasteiger partial charge in [0.2, 0.25) is 5.95 Å². The van der Waals surface area contributed by atoms with Crippen LogP contribution >= 0.6 is 0 Å². The van der Waals surface area contributed by atoms with Crippen molar-refractivity contribution < 1.29 is 4.74 Å². The molecule has 20 heavy (non-hydrogen) atoms. The molecule has 104 valence electrons. The van der Waals surface area contributed by atoms with Crippen LogP contribution < -0.4 is 10.1 Å². The topological polar surface area (TPSA) is 47.0 Å². The fourth-order valence-electron chi connectivity index (χ4n) is 2.42. The van der Waals surface area contributed by atoms with E-state index in [0.717, 1.165) is 49.4 Å². The van der Waals surface area contributed by atoms with Gasteiger partial charge in [0.05, 0.1) is 12.3 Å². The maximum absolute atomic E-state index is 5.85. The summed E-state index contributed by atoms with van der Waals surface area (Å²) in [5, 5.41) is 3.22. The Morgan fingerprint density at radius 3 is 3.15 bits per heavy atom. The lowest BCUT2D eigenvalue weighted by molar-refractivity contribution is 0.289. The number of nitrogens with zero attached hydrogens (tertiary/aromatic N) is 2. The number of para-hydroxylation sites is 1. The fourth-order valence-corrected chi connectivity index (χ4v) is 2.42. The van der Waals surface area contributed by atoms with E-state index in [4.69, 9.17) is 4.74 Å². The van der Waals surface area contributed by atoms with E-state index in [1.165, 1.54) is 5.56 Å². The largest absolute Gasteiger partial charge is 0.493 e. The average Bonchev–Trinajstić information content (AvgIpc) is 2.52.